The van der Waals surface area contributed by atoms with Gasteiger partial charge in [-0.2, -0.15) is 0 Å². The van der Waals surface area contributed by atoms with Crippen LogP contribution in [0.5, 0.6) is 0 Å². The first-order valence-electron chi connectivity index (χ1n) is 57.0. The number of fused-ring (bicyclic) bond motifs is 19. The molecule has 136 heavy (non-hydrogen) atoms. The molecule has 0 bridgehead atoms. The van der Waals surface area contributed by atoms with E-state index < -0.39 is 72.5 Å². The number of rotatable bonds is 10. The van der Waals surface area contributed by atoms with Gasteiger partial charge in [0.05, 0.1) is 32.9 Å². The Balaban J connectivity index is 0.000000119. The van der Waals surface area contributed by atoms with Gasteiger partial charge < -0.3 is 13.3 Å². The van der Waals surface area contributed by atoms with E-state index in [9.17, 15) is 16.4 Å². The molecule has 24 aromatic carbocycles. The standard InChI is InChI=1S/C47H32O.C44H28O.C42H26O/c1-47(2)39-21-9-7-17-36(39)45-38(20-11-22-40(45)47)44-34-15-5-3-13-32(34)43(33-14-4-6-16-35(33)44)30-27-25-29(26-28-30)31-19-12-24-42-46(31)37-18-8-10-23-41(37)48-42;1-2-13-29(14-3-1)32-15-4-5-16-34(32)43-37-19-8-6-17-35(37)42(36-18-7-9-20-38(36)43)31-27-25-30(26-28-31)33-22-12-24-41-44(33)39-21-10-11-23-40(39)45-41;1-2-11-30-26-31(25-20-27(30)10-1)41-35-14-5-3-12-33(35)40(34-13-4-6-15-36(34)41)29-23-21-28(22-24-29)32-17-9-19-39-42(32)37-16-7-8-18-38(37)43-39/h3-28H,1-2H3;1-28H;1-26H/i3D,4D,5D,6D,13D,14D,15D,16D;6D,7D,8D,9D,17D,18D,19D,20D;3D,4D,5D,6D,12D,13D,14D,15D. The predicted octanol–water partition coefficient (Wildman–Crippen LogP) is 37.8. The molecular formula is C133H86O3. The lowest BCUT2D eigenvalue weighted by atomic mass is 9.80. The van der Waals surface area contributed by atoms with Crippen molar-refractivity contribution < 1.29 is 46.1 Å². The van der Waals surface area contributed by atoms with Gasteiger partial charge in [0.15, 0.2) is 0 Å². The maximum absolute atomic E-state index is 9.47. The lowest BCUT2D eigenvalue weighted by Gasteiger charge is -2.22. The number of para-hydroxylation sites is 3. The average Bonchev–Trinajstić information content (AvgIpc) is 1.24. The zero-order chi connectivity index (χ0) is 111. The average molecular weight is 1760 g/mol. The molecule has 0 saturated heterocycles. The van der Waals surface area contributed by atoms with Gasteiger partial charge >= 0.3 is 0 Å². The predicted molar refractivity (Wildman–Crippen MR) is 576 cm³/mol. The summed E-state index contributed by atoms with van der Waals surface area (Å²) in [5, 5.41) is 10.0. The summed E-state index contributed by atoms with van der Waals surface area (Å²) in [7, 11) is 0. The largest absolute Gasteiger partial charge is 0.456 e. The second kappa shape index (κ2) is 32.5. The summed E-state index contributed by atoms with van der Waals surface area (Å²) >= 11 is 0. The summed E-state index contributed by atoms with van der Waals surface area (Å²) in [6.07, 6.45) is 0. The first-order chi connectivity index (χ1) is 77.2. The summed E-state index contributed by atoms with van der Waals surface area (Å²) in [5.74, 6) is 0. The van der Waals surface area contributed by atoms with E-state index in [2.05, 4.69) is 26.0 Å². The number of furan rings is 3. The van der Waals surface area contributed by atoms with E-state index in [1.165, 1.54) is 0 Å². The van der Waals surface area contributed by atoms with Crippen molar-refractivity contribution in [3.8, 4) is 122 Å². The molecule has 0 amide bonds. The maximum atomic E-state index is 9.47. The third kappa shape index (κ3) is 13.0. The van der Waals surface area contributed by atoms with Gasteiger partial charge in [-0.25, -0.2) is 0 Å². The van der Waals surface area contributed by atoms with E-state index in [0.717, 1.165) is 143 Å². The first kappa shape index (κ1) is 58.3. The third-order valence-corrected chi connectivity index (χ3v) is 27.0. The van der Waals surface area contributed by atoms with Crippen LogP contribution in [-0.4, -0.2) is 0 Å². The van der Waals surface area contributed by atoms with Gasteiger partial charge in [-0.1, -0.05) is 456 Å². The molecule has 636 valence electrons. The summed E-state index contributed by atoms with van der Waals surface area (Å²) in [4.78, 5) is 0. The minimum absolute atomic E-state index is 0.182. The van der Waals surface area contributed by atoms with Crippen LogP contribution in [0.15, 0.2) is 498 Å². The van der Waals surface area contributed by atoms with Crippen LogP contribution in [0.1, 0.15) is 57.9 Å². The highest BCUT2D eigenvalue weighted by Gasteiger charge is 2.38. The van der Waals surface area contributed by atoms with Gasteiger partial charge in [-0.3, -0.25) is 0 Å². The fourth-order valence-corrected chi connectivity index (χ4v) is 20.9. The number of hydrogen-bond acceptors (Lipinski definition) is 3. The Labute approximate surface area is 820 Å². The van der Waals surface area contributed by atoms with Crippen LogP contribution in [0.2, 0.25) is 0 Å². The van der Waals surface area contributed by atoms with Crippen LogP contribution in [0.3, 0.4) is 0 Å². The lowest BCUT2D eigenvalue weighted by molar-refractivity contribution is 0.660. The molecular weight excluding hydrogens is 1650 g/mol. The Morgan fingerprint density at radius 1 is 0.169 bits per heavy atom. The molecule has 0 aliphatic heterocycles. The zero-order valence-corrected chi connectivity index (χ0v) is 73.1. The fourth-order valence-electron chi connectivity index (χ4n) is 20.9. The van der Waals surface area contributed by atoms with E-state index in [1.807, 2.05) is 328 Å². The minimum atomic E-state index is -0.429. The second-order valence-corrected chi connectivity index (χ2v) is 34.7. The van der Waals surface area contributed by atoms with Crippen molar-refractivity contribution in [2.75, 3.05) is 0 Å². The highest BCUT2D eigenvalue weighted by atomic mass is 16.3. The van der Waals surface area contributed by atoms with Crippen molar-refractivity contribution in [2.45, 2.75) is 19.3 Å². The molecule has 0 fully saturated rings. The molecule has 3 heteroatoms. The summed E-state index contributed by atoms with van der Waals surface area (Å²) in [5.41, 5.74) is 20.8. The molecule has 3 aromatic heterocycles. The smallest absolute Gasteiger partial charge is 0.136 e. The summed E-state index contributed by atoms with van der Waals surface area (Å²) < 4.78 is 236. The van der Waals surface area contributed by atoms with E-state index in [-0.39, 0.29) is 143 Å². The van der Waals surface area contributed by atoms with Crippen molar-refractivity contribution >= 4 is 141 Å². The van der Waals surface area contributed by atoms with Gasteiger partial charge in [0.25, 0.3) is 0 Å². The Morgan fingerprint density at radius 2 is 0.434 bits per heavy atom. The van der Waals surface area contributed by atoms with Crippen LogP contribution < -0.4 is 0 Å². The van der Waals surface area contributed by atoms with Crippen molar-refractivity contribution in [1.29, 1.82) is 0 Å². The Bertz CT molecular complexity index is 10800. The van der Waals surface area contributed by atoms with Crippen LogP contribution in [0, 0.1) is 0 Å². The topological polar surface area (TPSA) is 39.4 Å². The fraction of sp³-hybridized carbons (Fsp3) is 0.0226. The second-order valence-electron chi connectivity index (χ2n) is 34.7. The first-order valence-corrected chi connectivity index (χ1v) is 45.0. The normalized spacial score (nSPS) is 14.7. The summed E-state index contributed by atoms with van der Waals surface area (Å²) in [6.45, 7) is 4.30. The molecule has 1 aliphatic rings. The van der Waals surface area contributed by atoms with Gasteiger partial charge in [0, 0.05) is 37.7 Å². The molecule has 1 aliphatic carbocycles. The third-order valence-electron chi connectivity index (χ3n) is 27.0. The molecule has 0 spiro atoms. The Morgan fingerprint density at radius 3 is 0.838 bits per heavy atom. The van der Waals surface area contributed by atoms with Crippen molar-refractivity contribution in [1.82, 2.24) is 0 Å². The van der Waals surface area contributed by atoms with Gasteiger partial charge in [-0.15, -0.1) is 0 Å². The van der Waals surface area contributed by atoms with Crippen molar-refractivity contribution in [2.24, 2.45) is 0 Å². The molecule has 0 unspecified atom stereocenters. The van der Waals surface area contributed by atoms with Gasteiger partial charge in [0.2, 0.25) is 0 Å². The SMILES string of the molecule is [2H]c1c([2H])c([2H])c2c(-c3ccc4ccccc4c3)c3c([2H])c([2H])c([2H])c([2H])c3c(-c3ccc(-c4cccc5oc6ccccc6c45)cc3)c2c1[2H].[2H]c1c([2H])c([2H])c2c(-c3cccc4c3-c3ccccc3C4(C)C)c3c([2H])c([2H])c([2H])c([2H])c3c(-c3ccc(-c4cccc5oc6ccccc6c45)cc3)c2c1[2H].[2H]c1c([2H])c([2H])c2c(-c3ccccc3-c3ccccc3)c3c([2H])c([2H])c([2H])c([2H])c3c(-c3ccc(-c4cccc5oc6ccccc6c45)cc3)c2c1[2H]. The maximum Gasteiger partial charge on any atom is 0.136 e. The molecule has 0 N–H and O–H groups in total. The molecule has 0 saturated carbocycles. The van der Waals surface area contributed by atoms with Gasteiger partial charge in [-0.05, 0) is 251 Å². The quantitative estimate of drug-likeness (QED) is 0.128. The Hall–Kier alpha value is -17.5. The monoisotopic (exact) mass is 1750 g/mol. The van der Waals surface area contributed by atoms with E-state index >= 15 is 0 Å². The molecule has 3 heterocycles. The Kier molecular flexibility index (Phi) is 13.9. The molecule has 0 radical (unpaired) electrons. The molecule has 27 aromatic rings. The van der Waals surface area contributed by atoms with Crippen LogP contribution in [-0.2, 0) is 5.41 Å². The highest BCUT2D eigenvalue weighted by molar-refractivity contribution is 6.27. The number of benzene rings is 24. The molecule has 3 nitrogen and oxygen atoms in total. The lowest BCUT2D eigenvalue weighted by Crippen LogP contribution is -2.14. The zero-order valence-electron chi connectivity index (χ0n) is 97.1. The van der Waals surface area contributed by atoms with Gasteiger partial charge in [0.1, 0.15) is 33.5 Å². The van der Waals surface area contributed by atoms with Crippen LogP contribution in [0.4, 0.5) is 0 Å². The molecule has 28 rings (SSSR count). The minimum Gasteiger partial charge on any atom is -0.456 e. The summed E-state index contributed by atoms with van der Waals surface area (Å²) in [6, 6.07) is 100. The van der Waals surface area contributed by atoms with Crippen molar-refractivity contribution in [3.05, 3.63) is 496 Å². The van der Waals surface area contributed by atoms with E-state index in [0.29, 0.717) is 66.8 Å². The van der Waals surface area contributed by atoms with E-state index in [4.69, 9.17) is 29.7 Å². The highest BCUT2D eigenvalue weighted by Crippen LogP contribution is 2.56. The van der Waals surface area contributed by atoms with E-state index in [1.54, 1.807) is 0 Å². The van der Waals surface area contributed by atoms with Crippen LogP contribution in [0.25, 0.3) is 264 Å². The number of hydrogen-bond donors (Lipinski definition) is 0. The molecule has 0 atom stereocenters. The van der Waals surface area contributed by atoms with Crippen molar-refractivity contribution in [3.63, 3.8) is 0 Å². The van der Waals surface area contributed by atoms with Crippen LogP contribution >= 0.6 is 0 Å².